The highest BCUT2D eigenvalue weighted by molar-refractivity contribution is 5.94. The number of anilines is 1. The third kappa shape index (κ3) is 3.25. The van der Waals surface area contributed by atoms with Gasteiger partial charge in [0, 0.05) is 43.4 Å². The van der Waals surface area contributed by atoms with Gasteiger partial charge in [0.05, 0.1) is 35.7 Å². The number of carbonyl (C=O) groups excluding carboxylic acids is 1. The maximum Gasteiger partial charge on any atom is 0.255 e. The van der Waals surface area contributed by atoms with E-state index in [1.165, 1.54) is 0 Å². The molecule has 0 aliphatic carbocycles. The Labute approximate surface area is 172 Å². The number of amides is 1. The fourth-order valence-electron chi connectivity index (χ4n) is 3.48. The first-order valence-corrected chi connectivity index (χ1v) is 9.59. The largest absolute Gasteiger partial charge is 0.382 e. The van der Waals surface area contributed by atoms with Gasteiger partial charge in [0.1, 0.15) is 0 Å². The molecule has 5 rings (SSSR count). The van der Waals surface area contributed by atoms with Crippen LogP contribution in [0.3, 0.4) is 0 Å². The van der Waals surface area contributed by atoms with E-state index in [1.807, 2.05) is 30.5 Å². The van der Waals surface area contributed by atoms with Gasteiger partial charge in [-0.2, -0.15) is 0 Å². The Balaban J connectivity index is 1.44. The molecule has 0 spiro atoms. The highest BCUT2D eigenvalue weighted by Gasteiger charge is 2.19. The van der Waals surface area contributed by atoms with Gasteiger partial charge in [0.15, 0.2) is 11.5 Å². The van der Waals surface area contributed by atoms with E-state index in [-0.39, 0.29) is 5.91 Å². The van der Waals surface area contributed by atoms with Crippen LogP contribution in [0.15, 0.2) is 55.1 Å². The molecule has 0 atom stereocenters. The van der Waals surface area contributed by atoms with Crippen LogP contribution in [0.4, 0.5) is 5.82 Å². The summed E-state index contributed by atoms with van der Waals surface area (Å²) in [5.41, 5.74) is 10.2. The van der Waals surface area contributed by atoms with Crippen LogP contribution in [-0.2, 0) is 4.74 Å². The van der Waals surface area contributed by atoms with E-state index in [9.17, 15) is 4.79 Å². The number of nitrogen functional groups attached to an aromatic ring is 1. The Hall–Kier alpha value is -3.85. The molecule has 1 aliphatic heterocycles. The molecule has 0 aromatic carbocycles. The Morgan fingerprint density at radius 3 is 2.60 bits per heavy atom. The SMILES string of the molecule is Nc1nn2cc(-c3ccc(C(=O)N4CCOCC4)cn3)cnc2c1-c1ccccn1. The third-order valence-corrected chi connectivity index (χ3v) is 5.03. The number of nitrogens with two attached hydrogens (primary N) is 1. The Bertz CT molecular complexity index is 1200. The zero-order valence-corrected chi connectivity index (χ0v) is 16.1. The van der Waals surface area contributed by atoms with Crippen LogP contribution in [0.5, 0.6) is 0 Å². The van der Waals surface area contributed by atoms with Gasteiger partial charge in [-0.05, 0) is 24.3 Å². The van der Waals surface area contributed by atoms with Gasteiger partial charge in [0.25, 0.3) is 5.91 Å². The summed E-state index contributed by atoms with van der Waals surface area (Å²) in [6.07, 6.45) is 6.83. The lowest BCUT2D eigenvalue weighted by Crippen LogP contribution is -2.40. The van der Waals surface area contributed by atoms with E-state index in [1.54, 1.807) is 34.1 Å². The summed E-state index contributed by atoms with van der Waals surface area (Å²) >= 11 is 0. The van der Waals surface area contributed by atoms with E-state index in [0.29, 0.717) is 60.3 Å². The molecule has 2 N–H and O–H groups in total. The van der Waals surface area contributed by atoms with Gasteiger partial charge in [-0.1, -0.05) is 6.07 Å². The molecule has 9 heteroatoms. The molecule has 30 heavy (non-hydrogen) atoms. The van der Waals surface area contributed by atoms with Crippen LogP contribution in [-0.4, -0.2) is 61.7 Å². The van der Waals surface area contributed by atoms with Crippen molar-refractivity contribution in [3.05, 3.63) is 60.7 Å². The number of hydrogen-bond acceptors (Lipinski definition) is 7. The second-order valence-electron chi connectivity index (χ2n) is 6.92. The topological polar surface area (TPSA) is 112 Å². The molecule has 0 radical (unpaired) electrons. The van der Waals surface area contributed by atoms with Crippen molar-refractivity contribution in [3.8, 4) is 22.5 Å². The van der Waals surface area contributed by atoms with Gasteiger partial charge in [-0.3, -0.25) is 14.8 Å². The van der Waals surface area contributed by atoms with Crippen molar-refractivity contribution < 1.29 is 9.53 Å². The number of pyridine rings is 2. The van der Waals surface area contributed by atoms with E-state index >= 15 is 0 Å². The second-order valence-corrected chi connectivity index (χ2v) is 6.92. The minimum atomic E-state index is -0.0363. The summed E-state index contributed by atoms with van der Waals surface area (Å²) in [6, 6.07) is 9.19. The Morgan fingerprint density at radius 1 is 1.00 bits per heavy atom. The lowest BCUT2D eigenvalue weighted by atomic mass is 10.1. The predicted molar refractivity (Wildman–Crippen MR) is 111 cm³/mol. The summed E-state index contributed by atoms with van der Waals surface area (Å²) in [7, 11) is 0. The molecule has 9 nitrogen and oxygen atoms in total. The van der Waals surface area contributed by atoms with Crippen molar-refractivity contribution >= 4 is 17.4 Å². The number of carbonyl (C=O) groups is 1. The number of hydrogen-bond donors (Lipinski definition) is 1. The van der Waals surface area contributed by atoms with Crippen molar-refractivity contribution in [2.75, 3.05) is 32.0 Å². The van der Waals surface area contributed by atoms with Crippen molar-refractivity contribution in [1.82, 2.24) is 29.5 Å². The molecule has 1 aliphatic rings. The van der Waals surface area contributed by atoms with Crippen molar-refractivity contribution in [2.24, 2.45) is 0 Å². The van der Waals surface area contributed by atoms with Crippen molar-refractivity contribution in [1.29, 1.82) is 0 Å². The first-order chi connectivity index (χ1) is 14.7. The van der Waals surface area contributed by atoms with Gasteiger partial charge < -0.3 is 15.4 Å². The molecule has 1 fully saturated rings. The summed E-state index contributed by atoms with van der Waals surface area (Å²) < 4.78 is 6.93. The van der Waals surface area contributed by atoms with Gasteiger partial charge in [0.2, 0.25) is 0 Å². The molecule has 0 saturated carbocycles. The van der Waals surface area contributed by atoms with Gasteiger partial charge in [-0.25, -0.2) is 9.50 Å². The molecule has 4 aromatic heterocycles. The molecule has 5 heterocycles. The minimum Gasteiger partial charge on any atom is -0.382 e. The molecular formula is C21H19N7O2. The van der Waals surface area contributed by atoms with Crippen LogP contribution in [0.25, 0.3) is 28.2 Å². The highest BCUT2D eigenvalue weighted by Crippen LogP contribution is 2.28. The molecular weight excluding hydrogens is 382 g/mol. The lowest BCUT2D eigenvalue weighted by Gasteiger charge is -2.26. The van der Waals surface area contributed by atoms with Crippen molar-refractivity contribution in [2.45, 2.75) is 0 Å². The highest BCUT2D eigenvalue weighted by atomic mass is 16.5. The van der Waals surface area contributed by atoms with Crippen LogP contribution < -0.4 is 5.73 Å². The first kappa shape index (κ1) is 18.2. The van der Waals surface area contributed by atoms with Crippen LogP contribution in [0.2, 0.25) is 0 Å². The monoisotopic (exact) mass is 401 g/mol. The Morgan fingerprint density at radius 2 is 1.87 bits per heavy atom. The predicted octanol–water partition coefficient (Wildman–Crippen LogP) is 1.91. The van der Waals surface area contributed by atoms with E-state index < -0.39 is 0 Å². The van der Waals surface area contributed by atoms with Crippen molar-refractivity contribution in [3.63, 3.8) is 0 Å². The number of aromatic nitrogens is 5. The molecule has 0 unspecified atom stereocenters. The molecule has 150 valence electrons. The summed E-state index contributed by atoms with van der Waals surface area (Å²) in [5, 5.41) is 4.37. The standard InChI is InChI=1S/C21H19N7O2/c22-19-18(17-3-1-2-6-23-17)20-25-12-15(13-28(20)26-19)16-5-4-14(11-24-16)21(29)27-7-9-30-10-8-27/h1-6,11-13H,7-10H2,(H2,22,26). The maximum atomic E-state index is 12.6. The van der Waals surface area contributed by atoms with E-state index in [2.05, 4.69) is 20.1 Å². The average Bonchev–Trinajstić information content (AvgIpc) is 3.14. The Kier molecular flexibility index (Phi) is 4.56. The second kappa shape index (κ2) is 7.53. The van der Waals surface area contributed by atoms with Crippen LogP contribution in [0.1, 0.15) is 10.4 Å². The van der Waals surface area contributed by atoms with E-state index in [0.717, 1.165) is 5.56 Å². The normalized spacial score (nSPS) is 14.2. The first-order valence-electron chi connectivity index (χ1n) is 9.59. The zero-order valence-electron chi connectivity index (χ0n) is 16.1. The van der Waals surface area contributed by atoms with Crippen LogP contribution >= 0.6 is 0 Å². The number of rotatable bonds is 3. The lowest BCUT2D eigenvalue weighted by molar-refractivity contribution is 0.0302. The fraction of sp³-hybridized carbons (Fsp3) is 0.190. The van der Waals surface area contributed by atoms with Crippen LogP contribution in [0, 0.1) is 0 Å². The molecule has 1 amide bonds. The molecule has 0 bridgehead atoms. The smallest absolute Gasteiger partial charge is 0.255 e. The molecule has 1 saturated heterocycles. The average molecular weight is 401 g/mol. The summed E-state index contributed by atoms with van der Waals surface area (Å²) in [6.45, 7) is 2.33. The third-order valence-electron chi connectivity index (χ3n) is 5.03. The number of ether oxygens (including phenoxy) is 1. The maximum absolute atomic E-state index is 12.6. The molecule has 4 aromatic rings. The van der Waals surface area contributed by atoms with Gasteiger partial charge >= 0.3 is 0 Å². The quantitative estimate of drug-likeness (QED) is 0.558. The fourth-order valence-corrected chi connectivity index (χ4v) is 3.48. The minimum absolute atomic E-state index is 0.0363. The number of fused-ring (bicyclic) bond motifs is 1. The summed E-state index contributed by atoms with van der Waals surface area (Å²) in [4.78, 5) is 27.7. The number of nitrogens with zero attached hydrogens (tertiary/aromatic N) is 6. The summed E-state index contributed by atoms with van der Waals surface area (Å²) in [5.74, 6) is 0.323. The van der Waals surface area contributed by atoms with E-state index in [4.69, 9.17) is 10.5 Å². The zero-order chi connectivity index (χ0) is 20.5. The number of morpholine rings is 1. The van der Waals surface area contributed by atoms with Gasteiger partial charge in [-0.15, -0.1) is 5.10 Å².